The average molecular weight is 525 g/mol. The van der Waals surface area contributed by atoms with Crippen LogP contribution in [-0.2, 0) is 11.3 Å². The molecule has 1 amide bonds. The molecule has 0 bridgehead atoms. The van der Waals surface area contributed by atoms with Crippen LogP contribution in [0.25, 0.3) is 11.3 Å². The number of nitrogens with one attached hydrogen (secondary N) is 1. The van der Waals surface area contributed by atoms with E-state index in [1.807, 2.05) is 50.9 Å². The molecule has 2 heterocycles. The predicted octanol–water partition coefficient (Wildman–Crippen LogP) is 4.09. The zero-order valence-corrected chi connectivity index (χ0v) is 23.0. The summed E-state index contributed by atoms with van der Waals surface area (Å²) in [5.41, 5.74) is 2.24. The fourth-order valence-corrected chi connectivity index (χ4v) is 3.57. The number of aliphatic hydroxyl groups excluding tert-OH is 1. The van der Waals surface area contributed by atoms with E-state index in [-0.39, 0.29) is 12.7 Å². The summed E-state index contributed by atoms with van der Waals surface area (Å²) in [7, 11) is 6.69. The molecule has 0 saturated heterocycles. The number of pyridine rings is 1. The normalized spacial score (nSPS) is 11.1. The average Bonchev–Trinajstić information content (AvgIpc) is 2.90. The molecule has 0 spiro atoms. The van der Waals surface area contributed by atoms with Crippen LogP contribution in [0.15, 0.2) is 42.7 Å². The van der Waals surface area contributed by atoms with E-state index in [4.69, 9.17) is 14.2 Å². The number of anilines is 3. The van der Waals surface area contributed by atoms with Gasteiger partial charge < -0.3 is 34.4 Å². The van der Waals surface area contributed by atoms with E-state index in [0.717, 1.165) is 11.4 Å². The number of hydrogen-bond acceptors (Lipinski definition) is 10. The van der Waals surface area contributed by atoms with Gasteiger partial charge in [-0.2, -0.15) is 0 Å². The van der Waals surface area contributed by atoms with Gasteiger partial charge >= 0.3 is 6.09 Å². The zero-order chi connectivity index (χ0) is 27.9. The molecule has 2 N–H and O–H groups in total. The lowest BCUT2D eigenvalue weighted by Crippen LogP contribution is -2.38. The molecule has 0 fully saturated rings. The minimum Gasteiger partial charge on any atom is -0.493 e. The number of likely N-dealkylation sites (N-methyl/N-ethyl adjacent to an activating group) is 2. The Labute approximate surface area is 223 Å². The highest BCUT2D eigenvalue weighted by Gasteiger charge is 2.20. The van der Waals surface area contributed by atoms with Crippen molar-refractivity contribution in [3.8, 4) is 22.8 Å². The van der Waals surface area contributed by atoms with Gasteiger partial charge in [-0.3, -0.25) is 0 Å². The van der Waals surface area contributed by atoms with Crippen molar-refractivity contribution >= 4 is 23.5 Å². The van der Waals surface area contributed by atoms with E-state index < -0.39 is 5.60 Å². The summed E-state index contributed by atoms with van der Waals surface area (Å²) in [6.07, 6.45) is 3.02. The first-order valence-electron chi connectivity index (χ1n) is 12.1. The SMILES string of the molecule is COc1cc(Nc2nccc(-c3ccnc(N(C)CCN(C)C(=O)OC(C)(C)C)c3)n2)cc(CO)c1OC. The molecule has 0 aliphatic rings. The van der Waals surface area contributed by atoms with Gasteiger partial charge in [-0.1, -0.05) is 0 Å². The molecule has 11 nitrogen and oxygen atoms in total. The van der Waals surface area contributed by atoms with E-state index in [1.54, 1.807) is 36.5 Å². The molecule has 2 aromatic heterocycles. The highest BCUT2D eigenvalue weighted by molar-refractivity contribution is 5.68. The Hall–Kier alpha value is -4.12. The standard InChI is InChI=1S/C27H36N6O5/c1-27(2,3)38-26(35)33(5)13-12-32(4)23-15-18(8-10-28-23)21-9-11-29-25(31-21)30-20-14-19(17-34)24(37-7)22(16-20)36-6/h8-11,14-16,34H,12-13,17H2,1-7H3,(H,29,30,31). The van der Waals surface area contributed by atoms with Crippen LogP contribution in [0.5, 0.6) is 11.5 Å². The smallest absolute Gasteiger partial charge is 0.410 e. The first-order valence-corrected chi connectivity index (χ1v) is 12.1. The number of carbonyl (C=O) groups is 1. The summed E-state index contributed by atoms with van der Waals surface area (Å²) in [4.78, 5) is 29.2. The molecule has 0 aliphatic heterocycles. The first kappa shape index (κ1) is 28.5. The number of aliphatic hydroxyl groups is 1. The third-order valence-corrected chi connectivity index (χ3v) is 5.55. The number of benzene rings is 1. The maximum Gasteiger partial charge on any atom is 0.410 e. The highest BCUT2D eigenvalue weighted by Crippen LogP contribution is 2.35. The van der Waals surface area contributed by atoms with Crippen molar-refractivity contribution in [3.05, 3.63) is 48.3 Å². The third-order valence-electron chi connectivity index (χ3n) is 5.55. The number of amides is 1. The molecule has 38 heavy (non-hydrogen) atoms. The number of nitrogens with zero attached hydrogens (tertiary/aromatic N) is 5. The van der Waals surface area contributed by atoms with Crippen LogP contribution in [0, 0.1) is 0 Å². The number of rotatable bonds is 10. The maximum atomic E-state index is 12.2. The molecule has 0 radical (unpaired) electrons. The van der Waals surface area contributed by atoms with Crippen molar-refractivity contribution < 1.29 is 24.1 Å². The summed E-state index contributed by atoms with van der Waals surface area (Å²) in [6.45, 7) is 6.35. The summed E-state index contributed by atoms with van der Waals surface area (Å²) in [5.74, 6) is 2.07. The van der Waals surface area contributed by atoms with Gasteiger partial charge in [-0.15, -0.1) is 0 Å². The molecule has 0 unspecified atom stereocenters. The Morgan fingerprint density at radius 1 is 1.03 bits per heavy atom. The van der Waals surface area contributed by atoms with Gasteiger partial charge in [0.05, 0.1) is 26.5 Å². The number of carbonyl (C=O) groups excluding carboxylic acids is 1. The van der Waals surface area contributed by atoms with Gasteiger partial charge in [0.1, 0.15) is 11.4 Å². The lowest BCUT2D eigenvalue weighted by Gasteiger charge is -2.26. The zero-order valence-electron chi connectivity index (χ0n) is 23.0. The lowest BCUT2D eigenvalue weighted by molar-refractivity contribution is 0.0303. The van der Waals surface area contributed by atoms with E-state index in [2.05, 4.69) is 20.3 Å². The molecule has 0 atom stereocenters. The van der Waals surface area contributed by atoms with Crippen LogP contribution in [0.2, 0.25) is 0 Å². The summed E-state index contributed by atoms with van der Waals surface area (Å²) in [6, 6.07) is 9.12. The Morgan fingerprint density at radius 2 is 1.76 bits per heavy atom. The van der Waals surface area contributed by atoms with Gasteiger partial charge in [0, 0.05) is 62.5 Å². The fraction of sp³-hybridized carbons (Fsp3) is 0.407. The quantitative estimate of drug-likeness (QED) is 0.401. The van der Waals surface area contributed by atoms with Crippen molar-refractivity contribution in [1.82, 2.24) is 19.9 Å². The number of hydrogen-bond donors (Lipinski definition) is 2. The Kier molecular flexibility index (Phi) is 9.30. The van der Waals surface area contributed by atoms with Gasteiger partial charge in [0.2, 0.25) is 5.95 Å². The summed E-state index contributed by atoms with van der Waals surface area (Å²) < 4.78 is 16.2. The van der Waals surface area contributed by atoms with Crippen LogP contribution in [-0.4, -0.2) is 78.1 Å². The maximum absolute atomic E-state index is 12.2. The Morgan fingerprint density at radius 3 is 2.42 bits per heavy atom. The van der Waals surface area contributed by atoms with Crippen LogP contribution in [0.4, 0.5) is 22.2 Å². The van der Waals surface area contributed by atoms with Crippen molar-refractivity contribution in [3.63, 3.8) is 0 Å². The number of ether oxygens (including phenoxy) is 3. The monoisotopic (exact) mass is 524 g/mol. The molecule has 11 heteroatoms. The number of methoxy groups -OCH3 is 2. The van der Waals surface area contributed by atoms with Crippen molar-refractivity contribution in [1.29, 1.82) is 0 Å². The fourth-order valence-electron chi connectivity index (χ4n) is 3.57. The van der Waals surface area contributed by atoms with E-state index in [9.17, 15) is 9.90 Å². The molecule has 1 aromatic carbocycles. The molecular formula is C27H36N6O5. The lowest BCUT2D eigenvalue weighted by atomic mass is 10.1. The molecule has 3 aromatic rings. The number of aromatic nitrogens is 3. The third kappa shape index (κ3) is 7.45. The van der Waals surface area contributed by atoms with Gasteiger partial charge in [0.25, 0.3) is 0 Å². The summed E-state index contributed by atoms with van der Waals surface area (Å²) in [5, 5.41) is 12.9. The van der Waals surface area contributed by atoms with Crippen molar-refractivity contribution in [2.24, 2.45) is 0 Å². The van der Waals surface area contributed by atoms with Gasteiger partial charge in [-0.25, -0.2) is 19.7 Å². The second-order valence-electron chi connectivity index (χ2n) is 9.65. The van der Waals surface area contributed by atoms with Crippen molar-refractivity contribution in [2.75, 3.05) is 51.6 Å². The van der Waals surface area contributed by atoms with Crippen LogP contribution >= 0.6 is 0 Å². The first-order chi connectivity index (χ1) is 18.0. The predicted molar refractivity (Wildman–Crippen MR) is 146 cm³/mol. The minimum absolute atomic E-state index is 0.211. The molecule has 0 saturated carbocycles. The molecule has 204 valence electrons. The second-order valence-corrected chi connectivity index (χ2v) is 9.65. The van der Waals surface area contributed by atoms with Crippen LogP contribution in [0.3, 0.4) is 0 Å². The van der Waals surface area contributed by atoms with E-state index in [1.165, 1.54) is 14.2 Å². The van der Waals surface area contributed by atoms with E-state index in [0.29, 0.717) is 47.5 Å². The van der Waals surface area contributed by atoms with Gasteiger partial charge in [-0.05, 0) is 45.0 Å². The minimum atomic E-state index is -0.543. The molecule has 0 aliphatic carbocycles. The Bertz CT molecular complexity index is 1220. The molecule has 3 rings (SSSR count). The van der Waals surface area contributed by atoms with Crippen LogP contribution in [0.1, 0.15) is 26.3 Å². The Balaban J connectivity index is 1.74. The van der Waals surface area contributed by atoms with Crippen molar-refractivity contribution in [2.45, 2.75) is 33.0 Å². The van der Waals surface area contributed by atoms with Crippen LogP contribution < -0.4 is 19.7 Å². The highest BCUT2D eigenvalue weighted by atomic mass is 16.6. The summed E-state index contributed by atoms with van der Waals surface area (Å²) >= 11 is 0. The van der Waals surface area contributed by atoms with E-state index >= 15 is 0 Å². The topological polar surface area (TPSA) is 122 Å². The largest absolute Gasteiger partial charge is 0.493 e. The van der Waals surface area contributed by atoms with Gasteiger partial charge in [0.15, 0.2) is 11.5 Å². The molecular weight excluding hydrogens is 488 g/mol. The second kappa shape index (κ2) is 12.4.